The number of benzene rings is 2. The maximum atomic E-state index is 12.5. The number of hydrogen-bond acceptors (Lipinski definition) is 1. The van der Waals surface area contributed by atoms with Crippen molar-refractivity contribution in [2.75, 3.05) is 0 Å². The molecule has 0 aliphatic heterocycles. The fourth-order valence-corrected chi connectivity index (χ4v) is 2.67. The van der Waals surface area contributed by atoms with Gasteiger partial charge in [-0.15, -0.1) is 0 Å². The van der Waals surface area contributed by atoms with Crippen LogP contribution in [0.2, 0.25) is 0 Å². The molecule has 0 aromatic heterocycles. The van der Waals surface area contributed by atoms with E-state index < -0.39 is 0 Å². The van der Waals surface area contributed by atoms with Crippen molar-refractivity contribution in [2.24, 2.45) is 5.92 Å². The summed E-state index contributed by atoms with van der Waals surface area (Å²) in [5, 5.41) is 3.22. The molecule has 1 saturated carbocycles. The Labute approximate surface area is 126 Å². The summed E-state index contributed by atoms with van der Waals surface area (Å²) in [5.74, 6) is 0.613. The summed E-state index contributed by atoms with van der Waals surface area (Å²) in [7, 11) is 0. The van der Waals surface area contributed by atoms with Crippen LogP contribution in [-0.2, 0) is 0 Å². The van der Waals surface area contributed by atoms with Gasteiger partial charge < -0.3 is 5.32 Å². The molecule has 1 aliphatic carbocycles. The lowest BCUT2D eigenvalue weighted by Gasteiger charge is -2.19. The molecule has 2 nitrogen and oxygen atoms in total. The van der Waals surface area contributed by atoms with Gasteiger partial charge in [0.2, 0.25) is 0 Å². The first-order valence-corrected chi connectivity index (χ1v) is 7.58. The van der Waals surface area contributed by atoms with Crippen LogP contribution >= 0.6 is 0 Å². The molecule has 1 unspecified atom stereocenters. The van der Waals surface area contributed by atoms with Gasteiger partial charge in [0.25, 0.3) is 5.91 Å². The first-order valence-electron chi connectivity index (χ1n) is 7.58. The van der Waals surface area contributed by atoms with Crippen LogP contribution < -0.4 is 5.32 Å². The second-order valence-corrected chi connectivity index (χ2v) is 6.00. The van der Waals surface area contributed by atoms with Crippen LogP contribution in [0.4, 0.5) is 0 Å². The van der Waals surface area contributed by atoms with Crippen LogP contribution in [0.5, 0.6) is 0 Å². The van der Waals surface area contributed by atoms with Crippen molar-refractivity contribution in [1.29, 1.82) is 0 Å². The lowest BCUT2D eigenvalue weighted by Crippen LogP contribution is -2.29. The molecule has 1 N–H and O–H groups in total. The molecule has 0 saturated heterocycles. The zero-order chi connectivity index (χ0) is 14.8. The molecule has 2 aromatic carbocycles. The molecule has 2 aromatic rings. The van der Waals surface area contributed by atoms with E-state index in [0.29, 0.717) is 5.92 Å². The van der Waals surface area contributed by atoms with E-state index in [1.54, 1.807) is 0 Å². The number of amides is 1. The Morgan fingerprint density at radius 2 is 1.76 bits per heavy atom. The Morgan fingerprint density at radius 3 is 2.38 bits per heavy atom. The van der Waals surface area contributed by atoms with E-state index in [2.05, 4.69) is 24.4 Å². The Bertz CT molecular complexity index is 644. The van der Waals surface area contributed by atoms with Gasteiger partial charge >= 0.3 is 0 Å². The van der Waals surface area contributed by atoms with E-state index in [-0.39, 0.29) is 11.9 Å². The monoisotopic (exact) mass is 279 g/mol. The largest absolute Gasteiger partial charge is 0.345 e. The lowest BCUT2D eigenvalue weighted by atomic mass is 10.0. The SMILES string of the molecule is Cc1ccc(C(=O)NC(c2ccccc2)C2CC2)cc1C. The van der Waals surface area contributed by atoms with Crippen LogP contribution in [0.25, 0.3) is 0 Å². The molecule has 1 atom stereocenters. The normalized spacial score (nSPS) is 15.5. The zero-order valence-electron chi connectivity index (χ0n) is 12.6. The highest BCUT2D eigenvalue weighted by Crippen LogP contribution is 2.41. The van der Waals surface area contributed by atoms with E-state index >= 15 is 0 Å². The Hall–Kier alpha value is -2.09. The summed E-state index contributed by atoms with van der Waals surface area (Å²) in [6, 6.07) is 16.3. The lowest BCUT2D eigenvalue weighted by molar-refractivity contribution is 0.0931. The van der Waals surface area contributed by atoms with E-state index in [0.717, 1.165) is 11.1 Å². The number of aryl methyl sites for hydroxylation is 2. The number of nitrogens with one attached hydrogen (secondary N) is 1. The molecule has 1 amide bonds. The average Bonchev–Trinajstić information content (AvgIpc) is 3.33. The highest BCUT2D eigenvalue weighted by atomic mass is 16.1. The summed E-state index contributed by atoms with van der Waals surface area (Å²) in [6.45, 7) is 4.11. The number of hydrogen-bond donors (Lipinski definition) is 1. The number of rotatable bonds is 4. The van der Waals surface area contributed by atoms with Gasteiger partial charge in [-0.1, -0.05) is 36.4 Å². The van der Waals surface area contributed by atoms with Crippen LogP contribution in [0.3, 0.4) is 0 Å². The predicted octanol–water partition coefficient (Wildman–Crippen LogP) is 4.18. The van der Waals surface area contributed by atoms with Gasteiger partial charge in [-0.3, -0.25) is 4.79 Å². The summed E-state index contributed by atoms with van der Waals surface area (Å²) >= 11 is 0. The summed E-state index contributed by atoms with van der Waals surface area (Å²) in [6.07, 6.45) is 2.40. The number of carbonyl (C=O) groups is 1. The molecule has 21 heavy (non-hydrogen) atoms. The molecule has 1 fully saturated rings. The van der Waals surface area contributed by atoms with Crippen LogP contribution in [-0.4, -0.2) is 5.91 Å². The highest BCUT2D eigenvalue weighted by Gasteiger charge is 2.33. The minimum atomic E-state index is 0.0267. The quantitative estimate of drug-likeness (QED) is 0.893. The third-order valence-corrected chi connectivity index (χ3v) is 4.31. The molecule has 3 rings (SSSR count). The van der Waals surface area contributed by atoms with Gasteiger partial charge in [-0.25, -0.2) is 0 Å². The first-order chi connectivity index (χ1) is 10.1. The van der Waals surface area contributed by atoms with Crippen LogP contribution in [0.1, 0.15) is 45.9 Å². The molecule has 2 heteroatoms. The van der Waals surface area contributed by atoms with Gasteiger partial charge in [0.1, 0.15) is 0 Å². The van der Waals surface area contributed by atoms with Crippen molar-refractivity contribution in [3.05, 3.63) is 70.8 Å². The zero-order valence-corrected chi connectivity index (χ0v) is 12.6. The van der Waals surface area contributed by atoms with Crippen molar-refractivity contribution in [1.82, 2.24) is 5.32 Å². The molecule has 0 radical (unpaired) electrons. The minimum Gasteiger partial charge on any atom is -0.345 e. The van der Waals surface area contributed by atoms with Crippen molar-refractivity contribution < 1.29 is 4.79 Å². The Morgan fingerprint density at radius 1 is 1.05 bits per heavy atom. The fourth-order valence-electron chi connectivity index (χ4n) is 2.67. The standard InChI is InChI=1S/C19H21NO/c1-13-8-9-17(12-14(13)2)19(21)20-18(16-10-11-16)15-6-4-3-5-7-15/h3-9,12,16,18H,10-11H2,1-2H3,(H,20,21). The molecule has 0 heterocycles. The predicted molar refractivity (Wildman–Crippen MR) is 85.3 cm³/mol. The third kappa shape index (κ3) is 3.15. The minimum absolute atomic E-state index is 0.0267. The second kappa shape index (κ2) is 5.72. The fraction of sp³-hybridized carbons (Fsp3) is 0.316. The molecular weight excluding hydrogens is 258 g/mol. The summed E-state index contributed by atoms with van der Waals surface area (Å²) in [4.78, 5) is 12.5. The van der Waals surface area contributed by atoms with Gasteiger partial charge in [-0.2, -0.15) is 0 Å². The number of carbonyl (C=O) groups excluding carboxylic acids is 1. The van der Waals surface area contributed by atoms with E-state index in [1.807, 2.05) is 43.3 Å². The maximum absolute atomic E-state index is 12.5. The van der Waals surface area contributed by atoms with Gasteiger partial charge in [0.05, 0.1) is 6.04 Å². The molecule has 108 valence electrons. The summed E-state index contributed by atoms with van der Waals surface area (Å²) in [5.41, 5.74) is 4.33. The van der Waals surface area contributed by atoms with Gasteiger partial charge in [0.15, 0.2) is 0 Å². The van der Waals surface area contributed by atoms with Gasteiger partial charge in [0, 0.05) is 5.56 Å². The topological polar surface area (TPSA) is 29.1 Å². The molecule has 0 spiro atoms. The second-order valence-electron chi connectivity index (χ2n) is 6.00. The van der Waals surface area contributed by atoms with E-state index in [9.17, 15) is 4.79 Å². The smallest absolute Gasteiger partial charge is 0.251 e. The maximum Gasteiger partial charge on any atom is 0.251 e. The van der Waals surface area contributed by atoms with Gasteiger partial charge in [-0.05, 0) is 61.4 Å². The van der Waals surface area contributed by atoms with Crippen LogP contribution in [0, 0.1) is 19.8 Å². The summed E-state index contributed by atoms with van der Waals surface area (Å²) < 4.78 is 0. The Kier molecular flexibility index (Phi) is 3.78. The van der Waals surface area contributed by atoms with Crippen molar-refractivity contribution >= 4 is 5.91 Å². The van der Waals surface area contributed by atoms with Crippen molar-refractivity contribution in [3.63, 3.8) is 0 Å². The van der Waals surface area contributed by atoms with Crippen molar-refractivity contribution in [2.45, 2.75) is 32.7 Å². The highest BCUT2D eigenvalue weighted by molar-refractivity contribution is 5.94. The van der Waals surface area contributed by atoms with Crippen LogP contribution in [0.15, 0.2) is 48.5 Å². The third-order valence-electron chi connectivity index (χ3n) is 4.31. The molecule has 0 bridgehead atoms. The van der Waals surface area contributed by atoms with E-state index in [1.165, 1.54) is 24.0 Å². The van der Waals surface area contributed by atoms with Crippen molar-refractivity contribution in [3.8, 4) is 0 Å². The molecular formula is C19H21NO. The van der Waals surface area contributed by atoms with E-state index in [4.69, 9.17) is 0 Å². The molecule has 1 aliphatic rings. The average molecular weight is 279 g/mol. The first kappa shape index (κ1) is 13.9. The Balaban J connectivity index is 1.79.